The minimum atomic E-state index is 0.767. The van der Waals surface area contributed by atoms with E-state index in [0.717, 1.165) is 18.0 Å². The van der Waals surface area contributed by atoms with E-state index in [1.807, 2.05) is 0 Å². The summed E-state index contributed by atoms with van der Waals surface area (Å²) in [6.45, 7) is 7.39. The molecule has 2 unspecified atom stereocenters. The smallest absolute Gasteiger partial charge is 0.0117 e. The average Bonchev–Trinajstić information content (AvgIpc) is 2.86. The lowest BCUT2D eigenvalue weighted by Crippen LogP contribution is -2.46. The zero-order valence-electron chi connectivity index (χ0n) is 12.5. The Morgan fingerprint density at radius 1 is 1.17 bits per heavy atom. The highest BCUT2D eigenvalue weighted by molar-refractivity contribution is 4.86. The number of nitrogens with zero attached hydrogens (tertiary/aromatic N) is 2. The van der Waals surface area contributed by atoms with Crippen molar-refractivity contribution in [2.45, 2.75) is 51.1 Å². The Balaban J connectivity index is 1.76. The molecular formula is C15H31N3. The number of hydrogen-bond donors (Lipinski definition) is 1. The Kier molecular flexibility index (Phi) is 5.46. The van der Waals surface area contributed by atoms with Gasteiger partial charge >= 0.3 is 0 Å². The fourth-order valence-corrected chi connectivity index (χ4v) is 3.83. The molecule has 2 aliphatic rings. The molecule has 1 saturated carbocycles. The quantitative estimate of drug-likeness (QED) is 0.806. The van der Waals surface area contributed by atoms with Crippen LogP contribution >= 0.6 is 0 Å². The van der Waals surface area contributed by atoms with Gasteiger partial charge in [0.05, 0.1) is 0 Å². The minimum absolute atomic E-state index is 0.767. The van der Waals surface area contributed by atoms with E-state index in [2.05, 4.69) is 36.1 Å². The first-order chi connectivity index (χ1) is 8.74. The number of likely N-dealkylation sites (tertiary alicyclic amines) is 1. The molecule has 106 valence electrons. The topological polar surface area (TPSA) is 18.5 Å². The van der Waals surface area contributed by atoms with E-state index >= 15 is 0 Å². The first kappa shape index (κ1) is 14.3. The standard InChI is InChI=1S/C15H31N3/c1-4-18-10-8-14(9-11-18)17(3)12-13-6-5-7-15(13)16-2/h13-16H,4-12H2,1-3H3. The first-order valence-electron chi connectivity index (χ1n) is 7.84. The normalized spacial score (nSPS) is 31.3. The Hall–Kier alpha value is -0.120. The van der Waals surface area contributed by atoms with Crippen molar-refractivity contribution in [2.24, 2.45) is 5.92 Å². The maximum atomic E-state index is 3.50. The molecule has 0 radical (unpaired) electrons. The van der Waals surface area contributed by atoms with Gasteiger partial charge in [-0.3, -0.25) is 0 Å². The number of rotatable bonds is 5. The molecule has 2 rings (SSSR count). The van der Waals surface area contributed by atoms with E-state index < -0.39 is 0 Å². The summed E-state index contributed by atoms with van der Waals surface area (Å²) in [5.41, 5.74) is 0. The number of piperidine rings is 1. The van der Waals surface area contributed by atoms with Crippen LogP contribution in [0, 0.1) is 5.92 Å². The number of nitrogens with one attached hydrogen (secondary N) is 1. The molecule has 1 aliphatic carbocycles. The zero-order valence-corrected chi connectivity index (χ0v) is 12.5. The van der Waals surface area contributed by atoms with Gasteiger partial charge in [0, 0.05) is 18.6 Å². The van der Waals surface area contributed by atoms with Gasteiger partial charge in [0.25, 0.3) is 0 Å². The second-order valence-corrected chi connectivity index (χ2v) is 6.19. The van der Waals surface area contributed by atoms with E-state index in [1.54, 1.807) is 0 Å². The molecule has 1 heterocycles. The van der Waals surface area contributed by atoms with Crippen molar-refractivity contribution in [3.05, 3.63) is 0 Å². The van der Waals surface area contributed by atoms with Gasteiger partial charge in [0.2, 0.25) is 0 Å². The second-order valence-electron chi connectivity index (χ2n) is 6.19. The SMILES string of the molecule is CCN1CCC(N(C)CC2CCCC2NC)CC1. The predicted molar refractivity (Wildman–Crippen MR) is 78.0 cm³/mol. The van der Waals surface area contributed by atoms with Gasteiger partial charge < -0.3 is 15.1 Å². The fourth-order valence-electron chi connectivity index (χ4n) is 3.83. The summed E-state index contributed by atoms with van der Waals surface area (Å²) >= 11 is 0. The average molecular weight is 253 g/mol. The molecule has 3 heteroatoms. The summed E-state index contributed by atoms with van der Waals surface area (Å²) in [7, 11) is 4.47. The van der Waals surface area contributed by atoms with Gasteiger partial charge in [-0.15, -0.1) is 0 Å². The molecule has 1 N–H and O–H groups in total. The van der Waals surface area contributed by atoms with Gasteiger partial charge in [0.15, 0.2) is 0 Å². The first-order valence-corrected chi connectivity index (χ1v) is 7.84. The maximum absolute atomic E-state index is 3.50. The Morgan fingerprint density at radius 3 is 2.50 bits per heavy atom. The van der Waals surface area contributed by atoms with Gasteiger partial charge in [-0.05, 0) is 65.3 Å². The van der Waals surface area contributed by atoms with Crippen molar-refractivity contribution in [3.63, 3.8) is 0 Å². The van der Waals surface area contributed by atoms with E-state index in [-0.39, 0.29) is 0 Å². The Bertz CT molecular complexity index is 236. The minimum Gasteiger partial charge on any atom is -0.317 e. The van der Waals surface area contributed by atoms with Crippen LogP contribution in [-0.2, 0) is 0 Å². The lowest BCUT2D eigenvalue weighted by molar-refractivity contribution is 0.115. The van der Waals surface area contributed by atoms with E-state index in [1.165, 1.54) is 58.3 Å². The molecule has 0 aromatic heterocycles. The van der Waals surface area contributed by atoms with Crippen LogP contribution in [0.2, 0.25) is 0 Å². The monoisotopic (exact) mass is 253 g/mol. The molecule has 2 fully saturated rings. The van der Waals surface area contributed by atoms with Crippen molar-refractivity contribution in [1.82, 2.24) is 15.1 Å². The summed E-state index contributed by atoms with van der Waals surface area (Å²) in [6, 6.07) is 1.59. The predicted octanol–water partition coefficient (Wildman–Crippen LogP) is 1.79. The van der Waals surface area contributed by atoms with Crippen LogP contribution in [0.1, 0.15) is 39.0 Å². The highest BCUT2D eigenvalue weighted by Crippen LogP contribution is 2.27. The molecule has 0 amide bonds. The maximum Gasteiger partial charge on any atom is 0.0117 e. The lowest BCUT2D eigenvalue weighted by Gasteiger charge is -2.38. The summed E-state index contributed by atoms with van der Waals surface area (Å²) in [5, 5.41) is 3.50. The molecule has 2 atom stereocenters. The largest absolute Gasteiger partial charge is 0.317 e. The van der Waals surface area contributed by atoms with Crippen LogP contribution in [0.3, 0.4) is 0 Å². The number of hydrogen-bond acceptors (Lipinski definition) is 3. The summed E-state index contributed by atoms with van der Waals surface area (Å²) in [4.78, 5) is 5.23. The third-order valence-corrected chi connectivity index (χ3v) is 5.18. The molecule has 0 aromatic rings. The van der Waals surface area contributed by atoms with E-state index in [9.17, 15) is 0 Å². The van der Waals surface area contributed by atoms with Crippen LogP contribution in [0.4, 0.5) is 0 Å². The molecule has 3 nitrogen and oxygen atoms in total. The van der Waals surface area contributed by atoms with E-state index in [4.69, 9.17) is 0 Å². The summed E-state index contributed by atoms with van der Waals surface area (Å²) in [6.07, 6.45) is 6.94. The van der Waals surface area contributed by atoms with Gasteiger partial charge in [0.1, 0.15) is 0 Å². The fraction of sp³-hybridized carbons (Fsp3) is 1.00. The second kappa shape index (κ2) is 6.88. The van der Waals surface area contributed by atoms with Crippen LogP contribution in [0.15, 0.2) is 0 Å². The summed E-state index contributed by atoms with van der Waals surface area (Å²) < 4.78 is 0. The Morgan fingerprint density at radius 2 is 1.89 bits per heavy atom. The van der Waals surface area contributed by atoms with Gasteiger partial charge in [-0.2, -0.15) is 0 Å². The third-order valence-electron chi connectivity index (χ3n) is 5.18. The molecule has 1 aliphatic heterocycles. The van der Waals surface area contributed by atoms with Crippen LogP contribution in [-0.4, -0.2) is 62.2 Å². The van der Waals surface area contributed by atoms with Crippen molar-refractivity contribution >= 4 is 0 Å². The van der Waals surface area contributed by atoms with Crippen LogP contribution < -0.4 is 5.32 Å². The van der Waals surface area contributed by atoms with Crippen molar-refractivity contribution in [1.29, 1.82) is 0 Å². The molecule has 18 heavy (non-hydrogen) atoms. The highest BCUT2D eigenvalue weighted by atomic mass is 15.2. The van der Waals surface area contributed by atoms with Crippen molar-refractivity contribution < 1.29 is 0 Å². The Labute approximate surface area is 113 Å². The lowest BCUT2D eigenvalue weighted by atomic mass is 9.99. The molecule has 0 bridgehead atoms. The van der Waals surface area contributed by atoms with E-state index in [0.29, 0.717) is 0 Å². The van der Waals surface area contributed by atoms with Gasteiger partial charge in [-0.25, -0.2) is 0 Å². The zero-order chi connectivity index (χ0) is 13.0. The van der Waals surface area contributed by atoms with Gasteiger partial charge in [-0.1, -0.05) is 13.3 Å². The van der Waals surface area contributed by atoms with Crippen LogP contribution in [0.25, 0.3) is 0 Å². The van der Waals surface area contributed by atoms with Crippen LogP contribution in [0.5, 0.6) is 0 Å². The summed E-state index contributed by atoms with van der Waals surface area (Å²) in [5.74, 6) is 0.879. The molecule has 0 aromatic carbocycles. The molecular weight excluding hydrogens is 222 g/mol. The third kappa shape index (κ3) is 3.46. The van der Waals surface area contributed by atoms with Crippen molar-refractivity contribution in [2.75, 3.05) is 40.3 Å². The van der Waals surface area contributed by atoms with Crippen molar-refractivity contribution in [3.8, 4) is 0 Å². The molecule has 0 spiro atoms. The molecule has 1 saturated heterocycles. The highest BCUT2D eigenvalue weighted by Gasteiger charge is 2.29.